The molecule has 0 amide bonds. The lowest BCUT2D eigenvalue weighted by molar-refractivity contribution is -0.384. The van der Waals surface area contributed by atoms with E-state index in [0.717, 1.165) is 18.9 Å². The van der Waals surface area contributed by atoms with Crippen LogP contribution in [0.25, 0.3) is 0 Å². The fourth-order valence-electron chi connectivity index (χ4n) is 1.67. The molecule has 0 aliphatic rings. The van der Waals surface area contributed by atoms with E-state index in [2.05, 4.69) is 5.32 Å². The highest BCUT2D eigenvalue weighted by Crippen LogP contribution is 2.31. The lowest BCUT2D eigenvalue weighted by Gasteiger charge is -2.29. The molecular formula is C13H19FN2O2. The number of benzene rings is 1. The molecule has 0 saturated carbocycles. The predicted octanol–water partition coefficient (Wildman–Crippen LogP) is 4.03. The molecule has 0 atom stereocenters. The molecule has 0 aliphatic heterocycles. The highest BCUT2D eigenvalue weighted by atomic mass is 19.1. The topological polar surface area (TPSA) is 55.2 Å². The van der Waals surface area contributed by atoms with Crippen molar-refractivity contribution in [3.63, 3.8) is 0 Å². The maximum Gasteiger partial charge on any atom is 0.295 e. The minimum atomic E-state index is -0.559. The number of halogens is 1. The Morgan fingerprint density at radius 2 is 1.94 bits per heavy atom. The van der Waals surface area contributed by atoms with Crippen molar-refractivity contribution in [2.75, 3.05) is 5.32 Å². The van der Waals surface area contributed by atoms with Gasteiger partial charge in [0.05, 0.1) is 11.0 Å². The van der Waals surface area contributed by atoms with Crippen LogP contribution in [0.4, 0.5) is 15.8 Å². The lowest BCUT2D eigenvalue weighted by Crippen LogP contribution is -2.33. The second-order valence-electron chi connectivity index (χ2n) is 4.77. The average molecular weight is 254 g/mol. The van der Waals surface area contributed by atoms with E-state index in [1.165, 1.54) is 6.07 Å². The summed E-state index contributed by atoms with van der Waals surface area (Å²) in [4.78, 5) is 10.4. The number of hydrogen-bond acceptors (Lipinski definition) is 3. The van der Waals surface area contributed by atoms with Crippen molar-refractivity contribution in [2.24, 2.45) is 0 Å². The van der Waals surface area contributed by atoms with E-state index in [1.807, 2.05) is 20.8 Å². The van der Waals surface area contributed by atoms with Gasteiger partial charge in [0, 0.05) is 5.54 Å². The van der Waals surface area contributed by atoms with Crippen molar-refractivity contribution in [1.82, 2.24) is 0 Å². The van der Waals surface area contributed by atoms with Crippen molar-refractivity contribution < 1.29 is 9.31 Å². The standard InChI is InChI=1S/C13H19FN2O2/c1-5-13(4,6-2)15-11-7-9(3)10(14)8-12(11)16(17)18/h7-8,15H,5-6H2,1-4H3. The Balaban J connectivity index is 3.22. The van der Waals surface area contributed by atoms with E-state index in [0.29, 0.717) is 11.3 Å². The highest BCUT2D eigenvalue weighted by molar-refractivity contribution is 5.64. The molecule has 5 heteroatoms. The van der Waals surface area contributed by atoms with E-state index in [9.17, 15) is 14.5 Å². The molecule has 0 aliphatic carbocycles. The maximum absolute atomic E-state index is 13.4. The zero-order valence-electron chi connectivity index (χ0n) is 11.2. The van der Waals surface area contributed by atoms with Crippen molar-refractivity contribution >= 4 is 11.4 Å². The average Bonchev–Trinajstić information content (AvgIpc) is 2.33. The number of hydrogen-bond donors (Lipinski definition) is 1. The Morgan fingerprint density at radius 3 is 2.39 bits per heavy atom. The molecule has 0 spiro atoms. The van der Waals surface area contributed by atoms with Crippen molar-refractivity contribution in [1.29, 1.82) is 0 Å². The first kappa shape index (κ1) is 14.4. The summed E-state index contributed by atoms with van der Waals surface area (Å²) in [5.41, 5.74) is 0.337. The number of nitrogens with one attached hydrogen (secondary N) is 1. The minimum absolute atomic E-state index is 0.216. The van der Waals surface area contributed by atoms with Crippen LogP contribution < -0.4 is 5.32 Å². The normalized spacial score (nSPS) is 11.4. The summed E-state index contributed by atoms with van der Waals surface area (Å²) in [6.45, 7) is 7.62. The molecule has 0 fully saturated rings. The van der Waals surface area contributed by atoms with Gasteiger partial charge in [-0.25, -0.2) is 4.39 Å². The molecule has 0 aromatic heterocycles. The molecule has 0 saturated heterocycles. The van der Waals surface area contributed by atoms with Gasteiger partial charge in [0.15, 0.2) is 0 Å². The van der Waals surface area contributed by atoms with Gasteiger partial charge in [-0.05, 0) is 38.3 Å². The van der Waals surface area contributed by atoms with Crippen LogP contribution in [0.15, 0.2) is 12.1 Å². The van der Waals surface area contributed by atoms with Crippen LogP contribution in [0.3, 0.4) is 0 Å². The molecule has 4 nitrogen and oxygen atoms in total. The molecule has 1 aromatic carbocycles. The first-order chi connectivity index (χ1) is 8.33. The molecular weight excluding hydrogens is 235 g/mol. The molecule has 0 heterocycles. The van der Waals surface area contributed by atoms with Crippen LogP contribution in [0.1, 0.15) is 39.2 Å². The van der Waals surface area contributed by atoms with Crippen molar-refractivity contribution in [3.8, 4) is 0 Å². The fraction of sp³-hybridized carbons (Fsp3) is 0.538. The Bertz CT molecular complexity index is 457. The Labute approximate surface area is 106 Å². The largest absolute Gasteiger partial charge is 0.374 e. The number of anilines is 1. The van der Waals surface area contributed by atoms with Gasteiger partial charge >= 0.3 is 0 Å². The van der Waals surface area contributed by atoms with Gasteiger partial charge in [-0.1, -0.05) is 13.8 Å². The second kappa shape index (κ2) is 5.33. The van der Waals surface area contributed by atoms with Gasteiger partial charge in [-0.3, -0.25) is 10.1 Å². The van der Waals surface area contributed by atoms with E-state index >= 15 is 0 Å². The molecule has 100 valence electrons. The van der Waals surface area contributed by atoms with Crippen LogP contribution in [-0.2, 0) is 0 Å². The fourth-order valence-corrected chi connectivity index (χ4v) is 1.67. The molecule has 1 rings (SSSR count). The van der Waals surface area contributed by atoms with Gasteiger partial charge in [0.25, 0.3) is 5.69 Å². The third-order valence-electron chi connectivity index (χ3n) is 3.47. The van der Waals surface area contributed by atoms with Crippen LogP contribution in [-0.4, -0.2) is 10.5 Å². The van der Waals surface area contributed by atoms with Crippen molar-refractivity contribution in [2.45, 2.75) is 46.1 Å². The quantitative estimate of drug-likeness (QED) is 0.637. The molecule has 0 radical (unpaired) electrons. The van der Waals surface area contributed by atoms with Crippen LogP contribution in [0.2, 0.25) is 0 Å². The zero-order chi connectivity index (χ0) is 13.9. The van der Waals surface area contributed by atoms with Gasteiger partial charge < -0.3 is 5.32 Å². The summed E-state index contributed by atoms with van der Waals surface area (Å²) < 4.78 is 13.4. The predicted molar refractivity (Wildman–Crippen MR) is 70.4 cm³/mol. The van der Waals surface area contributed by atoms with E-state index in [-0.39, 0.29) is 11.2 Å². The minimum Gasteiger partial charge on any atom is -0.374 e. The molecule has 0 bridgehead atoms. The first-order valence-electron chi connectivity index (χ1n) is 6.05. The first-order valence-corrected chi connectivity index (χ1v) is 6.05. The van der Waals surface area contributed by atoms with E-state index in [1.54, 1.807) is 6.92 Å². The maximum atomic E-state index is 13.4. The molecule has 18 heavy (non-hydrogen) atoms. The monoisotopic (exact) mass is 254 g/mol. The lowest BCUT2D eigenvalue weighted by atomic mass is 9.95. The second-order valence-corrected chi connectivity index (χ2v) is 4.77. The van der Waals surface area contributed by atoms with Crippen molar-refractivity contribution in [3.05, 3.63) is 33.6 Å². The molecule has 1 aromatic rings. The number of nitro benzene ring substituents is 1. The molecule has 1 N–H and O–H groups in total. The Kier molecular flexibility index (Phi) is 4.27. The van der Waals surface area contributed by atoms with Gasteiger partial charge in [-0.2, -0.15) is 0 Å². The van der Waals surface area contributed by atoms with E-state index in [4.69, 9.17) is 0 Å². The summed E-state index contributed by atoms with van der Waals surface area (Å²) in [5, 5.41) is 14.1. The summed E-state index contributed by atoms with van der Waals surface area (Å²) in [6, 6.07) is 2.47. The van der Waals surface area contributed by atoms with Crippen LogP contribution >= 0.6 is 0 Å². The number of nitro groups is 1. The van der Waals surface area contributed by atoms with Gasteiger partial charge in [-0.15, -0.1) is 0 Å². The summed E-state index contributed by atoms with van der Waals surface area (Å²) >= 11 is 0. The summed E-state index contributed by atoms with van der Waals surface area (Å²) in [7, 11) is 0. The number of aryl methyl sites for hydroxylation is 1. The SMILES string of the molecule is CCC(C)(CC)Nc1cc(C)c(F)cc1[N+](=O)[O-]. The highest BCUT2D eigenvalue weighted by Gasteiger charge is 2.24. The smallest absolute Gasteiger partial charge is 0.295 e. The summed E-state index contributed by atoms with van der Waals surface area (Å²) in [6.07, 6.45) is 1.66. The third kappa shape index (κ3) is 2.97. The van der Waals surface area contributed by atoms with Crippen LogP contribution in [0, 0.1) is 22.9 Å². The Morgan fingerprint density at radius 1 is 1.39 bits per heavy atom. The molecule has 0 unspecified atom stereocenters. The number of nitrogens with zero attached hydrogens (tertiary/aromatic N) is 1. The van der Waals surface area contributed by atoms with Crippen LogP contribution in [0.5, 0.6) is 0 Å². The Hall–Kier alpha value is -1.65. The van der Waals surface area contributed by atoms with Gasteiger partial charge in [0.2, 0.25) is 0 Å². The van der Waals surface area contributed by atoms with Gasteiger partial charge in [0.1, 0.15) is 11.5 Å². The van der Waals surface area contributed by atoms with E-state index < -0.39 is 10.7 Å². The third-order valence-corrected chi connectivity index (χ3v) is 3.47. The summed E-state index contributed by atoms with van der Waals surface area (Å²) in [5.74, 6) is -0.554. The zero-order valence-corrected chi connectivity index (χ0v) is 11.2. The number of rotatable bonds is 5.